The van der Waals surface area contributed by atoms with Crippen LogP contribution in [0, 0.1) is 0 Å². The van der Waals surface area contributed by atoms with E-state index in [1.54, 1.807) is 0 Å². The third kappa shape index (κ3) is 4.06. The van der Waals surface area contributed by atoms with Crippen LogP contribution in [0.3, 0.4) is 0 Å². The number of hydrogen-bond acceptors (Lipinski definition) is 10. The van der Waals surface area contributed by atoms with E-state index in [2.05, 4.69) is 32.5 Å². The molecule has 0 radical (unpaired) electrons. The van der Waals surface area contributed by atoms with Gasteiger partial charge < -0.3 is 25.3 Å². The maximum Gasteiger partial charge on any atom is 0.197 e. The molecule has 0 aliphatic carbocycles. The zero-order valence-electron chi connectivity index (χ0n) is 8.73. The van der Waals surface area contributed by atoms with Gasteiger partial charge in [0, 0.05) is 4.91 Å². The molecule has 1 heterocycles. The standard InChI is InChI=1S/C6H11N3O7.OS/c7-9-8-3-5(15-16-13)4(11)2(1-10)14-6(3)12;1-2/h2-6,10-13H,1H2;/p-1/t2?,3?,4-,5-,6?;/m1./s1. The van der Waals surface area contributed by atoms with E-state index in [0.29, 0.717) is 0 Å². The normalized spacial score (nSPS) is 35.0. The summed E-state index contributed by atoms with van der Waals surface area (Å²) >= 11 is 2.83. The van der Waals surface area contributed by atoms with Crippen LogP contribution in [0.25, 0.3) is 10.4 Å². The van der Waals surface area contributed by atoms with Crippen LogP contribution in [0.4, 0.5) is 0 Å². The predicted octanol–water partition coefficient (Wildman–Crippen LogP) is -3.01. The number of ether oxygens (including phenoxy) is 1. The van der Waals surface area contributed by atoms with Crippen LogP contribution in [0.1, 0.15) is 0 Å². The lowest BCUT2D eigenvalue weighted by atomic mass is 9.98. The number of azide groups is 1. The largest absolute Gasteiger partial charge is 0.692 e. The van der Waals surface area contributed by atoms with Crippen LogP contribution in [-0.4, -0.2) is 56.8 Å². The summed E-state index contributed by atoms with van der Waals surface area (Å²) in [4.78, 5) is 6.54. The smallest absolute Gasteiger partial charge is 0.197 e. The van der Waals surface area contributed by atoms with Crippen LogP contribution in [-0.2, 0) is 27.2 Å². The van der Waals surface area contributed by atoms with Crippen molar-refractivity contribution in [3.8, 4) is 0 Å². The average molecular weight is 284 g/mol. The van der Waals surface area contributed by atoms with Crippen LogP contribution < -0.4 is 5.26 Å². The maximum atomic E-state index is 9.84. The minimum Gasteiger partial charge on any atom is -0.692 e. The third-order valence-electron chi connectivity index (χ3n) is 2.18. The van der Waals surface area contributed by atoms with Gasteiger partial charge in [-0.05, 0) is 5.53 Å². The minimum atomic E-state index is -1.61. The molecule has 3 unspecified atom stereocenters. The van der Waals surface area contributed by atoms with Gasteiger partial charge in [-0.1, -0.05) is 5.11 Å². The van der Waals surface area contributed by atoms with Crippen molar-refractivity contribution in [1.82, 2.24) is 0 Å². The van der Waals surface area contributed by atoms with E-state index < -0.39 is 37.3 Å². The summed E-state index contributed by atoms with van der Waals surface area (Å²) in [5.74, 6) is 0. The Morgan fingerprint density at radius 2 is 2.11 bits per heavy atom. The fourth-order valence-electron chi connectivity index (χ4n) is 1.41. The van der Waals surface area contributed by atoms with E-state index in [1.807, 2.05) is 0 Å². The van der Waals surface area contributed by atoms with Gasteiger partial charge in [0.2, 0.25) is 0 Å². The molecule has 1 saturated heterocycles. The average Bonchev–Trinajstić information content (AvgIpc) is 2.40. The Hall–Kier alpha value is -0.950. The molecule has 0 spiro atoms. The zero-order chi connectivity index (χ0) is 14.1. The molecule has 0 aromatic rings. The minimum absolute atomic E-state index is 0.611. The molecule has 0 aromatic heterocycles. The summed E-state index contributed by atoms with van der Waals surface area (Å²) in [5.41, 5.74) is 8.22. The molecule has 1 rings (SSSR count). The second-order valence-electron chi connectivity index (χ2n) is 3.06. The van der Waals surface area contributed by atoms with E-state index in [1.165, 1.54) is 0 Å². The SMILES string of the molecule is O=S.[N-]=[N+]=NC1C(O)OC(CO)[C@@H](O)[C@@H]1OO[O-]. The first kappa shape index (κ1) is 17.1. The first-order valence-electron chi connectivity index (χ1n) is 4.44. The lowest BCUT2D eigenvalue weighted by molar-refractivity contribution is -0.807. The Bertz CT molecular complexity index is 290. The molecule has 1 fully saturated rings. The van der Waals surface area contributed by atoms with Gasteiger partial charge in [0.15, 0.2) is 18.8 Å². The number of aliphatic hydroxyl groups is 3. The molecule has 104 valence electrons. The van der Waals surface area contributed by atoms with Crippen molar-refractivity contribution in [3.63, 3.8) is 0 Å². The van der Waals surface area contributed by atoms with E-state index in [-0.39, 0.29) is 0 Å². The highest BCUT2D eigenvalue weighted by Gasteiger charge is 2.45. The van der Waals surface area contributed by atoms with Gasteiger partial charge >= 0.3 is 0 Å². The first-order chi connectivity index (χ1) is 8.65. The Labute approximate surface area is 106 Å². The van der Waals surface area contributed by atoms with Gasteiger partial charge in [-0.2, -0.15) is 4.21 Å². The van der Waals surface area contributed by atoms with Crippen molar-refractivity contribution in [1.29, 1.82) is 0 Å². The molecular formula is C6H10N3O8S-. The van der Waals surface area contributed by atoms with Crippen molar-refractivity contribution < 1.29 is 39.4 Å². The fraction of sp³-hybridized carbons (Fsp3) is 1.00. The molecule has 12 heteroatoms. The number of hydrogen-bond donors (Lipinski definition) is 3. The van der Waals surface area contributed by atoms with Crippen molar-refractivity contribution in [3.05, 3.63) is 10.4 Å². The number of aliphatic hydroxyl groups excluding tert-OH is 3. The fourth-order valence-corrected chi connectivity index (χ4v) is 1.41. The highest BCUT2D eigenvalue weighted by molar-refractivity contribution is 7.44. The van der Waals surface area contributed by atoms with Gasteiger partial charge in [-0.25, -0.2) is 4.89 Å². The summed E-state index contributed by atoms with van der Waals surface area (Å²) in [7, 11) is 0. The summed E-state index contributed by atoms with van der Waals surface area (Å²) in [6.45, 7) is -0.611. The molecule has 0 amide bonds. The van der Waals surface area contributed by atoms with Crippen LogP contribution in [0.5, 0.6) is 0 Å². The molecule has 18 heavy (non-hydrogen) atoms. The second-order valence-corrected chi connectivity index (χ2v) is 3.06. The number of nitrogens with zero attached hydrogens (tertiary/aromatic N) is 3. The van der Waals surface area contributed by atoms with Crippen molar-refractivity contribution in [2.75, 3.05) is 6.61 Å². The van der Waals surface area contributed by atoms with Crippen molar-refractivity contribution in [2.45, 2.75) is 30.6 Å². The third-order valence-corrected chi connectivity index (χ3v) is 2.18. The lowest BCUT2D eigenvalue weighted by Gasteiger charge is -2.39. The summed E-state index contributed by atoms with van der Waals surface area (Å²) in [6, 6.07) is -1.35. The van der Waals surface area contributed by atoms with Crippen LogP contribution >= 0.6 is 0 Å². The van der Waals surface area contributed by atoms with Gasteiger partial charge in [0.25, 0.3) is 0 Å². The summed E-state index contributed by atoms with van der Waals surface area (Å²) < 4.78 is 12.6. The molecule has 0 aromatic carbocycles. The monoisotopic (exact) mass is 284 g/mol. The highest BCUT2D eigenvalue weighted by Crippen LogP contribution is 2.24. The van der Waals surface area contributed by atoms with Gasteiger partial charge in [-0.15, -0.1) is 0 Å². The van der Waals surface area contributed by atoms with Crippen molar-refractivity contribution >= 4 is 12.5 Å². The Kier molecular flexibility index (Phi) is 8.57. The molecule has 3 N–H and O–H groups in total. The molecule has 0 bridgehead atoms. The zero-order valence-corrected chi connectivity index (χ0v) is 9.54. The Morgan fingerprint density at radius 1 is 1.50 bits per heavy atom. The molecule has 1 aliphatic heterocycles. The summed E-state index contributed by atoms with van der Waals surface area (Å²) in [6.07, 6.45) is -5.68. The predicted molar refractivity (Wildman–Crippen MR) is 51.0 cm³/mol. The topological polar surface area (TPSA) is 177 Å². The van der Waals surface area contributed by atoms with Crippen LogP contribution in [0.15, 0.2) is 5.11 Å². The molecule has 5 atom stereocenters. The van der Waals surface area contributed by atoms with Gasteiger partial charge in [0.05, 0.1) is 6.61 Å². The Balaban J connectivity index is 0.00000137. The summed E-state index contributed by atoms with van der Waals surface area (Å²) in [5, 5.41) is 43.8. The van der Waals surface area contributed by atoms with Crippen molar-refractivity contribution in [2.24, 2.45) is 5.11 Å². The van der Waals surface area contributed by atoms with E-state index >= 15 is 0 Å². The van der Waals surface area contributed by atoms with Gasteiger partial charge in [-0.3, -0.25) is 5.04 Å². The highest BCUT2D eigenvalue weighted by atomic mass is 32.1. The molecule has 0 saturated carbocycles. The van der Waals surface area contributed by atoms with Gasteiger partial charge in [0.1, 0.15) is 24.4 Å². The van der Waals surface area contributed by atoms with Crippen LogP contribution in [0.2, 0.25) is 0 Å². The number of rotatable bonds is 4. The molecule has 11 nitrogen and oxygen atoms in total. The Morgan fingerprint density at radius 3 is 2.56 bits per heavy atom. The maximum absolute atomic E-state index is 9.84. The lowest BCUT2D eigenvalue weighted by Crippen LogP contribution is -2.58. The quantitative estimate of drug-likeness (QED) is 0.159. The van der Waals surface area contributed by atoms with E-state index in [4.69, 9.17) is 19.6 Å². The molecule has 1 aliphatic rings. The molecular weight excluding hydrogens is 274 g/mol. The second kappa shape index (κ2) is 9.04. The van der Waals surface area contributed by atoms with E-state index in [0.717, 1.165) is 0 Å². The first-order valence-corrected chi connectivity index (χ1v) is 4.77. The van der Waals surface area contributed by atoms with E-state index in [9.17, 15) is 15.5 Å².